The summed E-state index contributed by atoms with van der Waals surface area (Å²) in [6, 6.07) is 10.8. The van der Waals surface area contributed by atoms with Crippen molar-refractivity contribution in [1.29, 1.82) is 0 Å². The van der Waals surface area contributed by atoms with Crippen LogP contribution in [0.15, 0.2) is 51.5 Å². The molecule has 0 N–H and O–H groups in total. The van der Waals surface area contributed by atoms with Crippen LogP contribution in [-0.2, 0) is 4.79 Å². The van der Waals surface area contributed by atoms with Gasteiger partial charge in [0.05, 0.1) is 5.92 Å². The van der Waals surface area contributed by atoms with E-state index in [9.17, 15) is 13.6 Å². The number of anilines is 1. The van der Waals surface area contributed by atoms with E-state index in [4.69, 9.17) is 4.52 Å². The summed E-state index contributed by atoms with van der Waals surface area (Å²) in [5.74, 6) is -1.66. The van der Waals surface area contributed by atoms with E-state index < -0.39 is 11.6 Å². The Bertz CT molecular complexity index is 975. The molecule has 5 nitrogen and oxygen atoms in total. The van der Waals surface area contributed by atoms with Crippen LogP contribution in [0.2, 0.25) is 0 Å². The Balaban J connectivity index is 1.55. The van der Waals surface area contributed by atoms with Crippen molar-refractivity contribution in [3.8, 4) is 11.4 Å². The van der Waals surface area contributed by atoms with Crippen LogP contribution in [0, 0.1) is 11.6 Å². The van der Waals surface area contributed by atoms with Crippen molar-refractivity contribution in [1.82, 2.24) is 10.1 Å². The second-order valence-corrected chi connectivity index (χ2v) is 6.88. The van der Waals surface area contributed by atoms with Gasteiger partial charge in [-0.15, -0.1) is 0 Å². The van der Waals surface area contributed by atoms with Crippen LogP contribution in [0.4, 0.5) is 14.5 Å². The van der Waals surface area contributed by atoms with Crippen LogP contribution < -0.4 is 4.90 Å². The third kappa shape index (κ3) is 3.12. The van der Waals surface area contributed by atoms with Gasteiger partial charge in [-0.3, -0.25) is 4.79 Å². The minimum absolute atomic E-state index is 0.168. The van der Waals surface area contributed by atoms with Gasteiger partial charge < -0.3 is 9.42 Å². The Kier molecular flexibility index (Phi) is 4.28. The summed E-state index contributed by atoms with van der Waals surface area (Å²) in [7, 11) is 0. The second kappa shape index (κ2) is 6.60. The highest BCUT2D eigenvalue weighted by Crippen LogP contribution is 2.32. The van der Waals surface area contributed by atoms with Crippen molar-refractivity contribution < 1.29 is 18.1 Å². The summed E-state index contributed by atoms with van der Waals surface area (Å²) in [6.45, 7) is 0.270. The maximum absolute atomic E-state index is 13.4. The quantitative estimate of drug-likeness (QED) is 0.634. The van der Waals surface area contributed by atoms with Crippen LogP contribution >= 0.6 is 15.9 Å². The summed E-state index contributed by atoms with van der Waals surface area (Å²) in [5, 5.41) is 3.97. The lowest BCUT2D eigenvalue weighted by molar-refractivity contribution is -0.117. The lowest BCUT2D eigenvalue weighted by Crippen LogP contribution is -2.24. The van der Waals surface area contributed by atoms with Gasteiger partial charge in [0.15, 0.2) is 11.6 Å². The number of carbonyl (C=O) groups excluding carboxylic acids is 1. The average molecular weight is 420 g/mol. The van der Waals surface area contributed by atoms with Gasteiger partial charge in [-0.25, -0.2) is 8.78 Å². The summed E-state index contributed by atoms with van der Waals surface area (Å²) in [6.07, 6.45) is 0.168. The first-order valence-corrected chi connectivity index (χ1v) is 8.65. The van der Waals surface area contributed by atoms with E-state index in [0.29, 0.717) is 17.4 Å². The molecule has 1 saturated heterocycles. The van der Waals surface area contributed by atoms with E-state index in [1.807, 2.05) is 24.3 Å². The zero-order chi connectivity index (χ0) is 18.3. The van der Waals surface area contributed by atoms with Crippen LogP contribution in [0.5, 0.6) is 0 Å². The van der Waals surface area contributed by atoms with Crippen molar-refractivity contribution in [2.24, 2.45) is 0 Å². The van der Waals surface area contributed by atoms with E-state index in [1.54, 1.807) is 0 Å². The molecule has 2 aromatic carbocycles. The zero-order valence-corrected chi connectivity index (χ0v) is 14.9. The fourth-order valence-electron chi connectivity index (χ4n) is 2.89. The fourth-order valence-corrected chi connectivity index (χ4v) is 3.16. The number of aromatic nitrogens is 2. The van der Waals surface area contributed by atoms with E-state index in [2.05, 4.69) is 26.1 Å². The Labute approximate surface area is 155 Å². The predicted molar refractivity (Wildman–Crippen MR) is 93.5 cm³/mol. The third-order valence-electron chi connectivity index (χ3n) is 4.23. The number of rotatable bonds is 3. The third-order valence-corrected chi connectivity index (χ3v) is 4.76. The molecule has 1 amide bonds. The monoisotopic (exact) mass is 419 g/mol. The molecule has 0 aliphatic carbocycles. The average Bonchev–Trinajstić information content (AvgIpc) is 3.25. The van der Waals surface area contributed by atoms with Gasteiger partial charge in [-0.2, -0.15) is 4.98 Å². The summed E-state index contributed by atoms with van der Waals surface area (Å²) < 4.78 is 32.8. The largest absolute Gasteiger partial charge is 0.339 e. The topological polar surface area (TPSA) is 59.2 Å². The van der Waals surface area contributed by atoms with Gasteiger partial charge in [-0.1, -0.05) is 21.1 Å². The molecule has 4 rings (SSSR count). The Morgan fingerprint density at radius 1 is 1.12 bits per heavy atom. The summed E-state index contributed by atoms with van der Waals surface area (Å²) >= 11 is 3.36. The fraction of sp³-hybridized carbons (Fsp3) is 0.167. The molecule has 3 aromatic rings. The van der Waals surface area contributed by atoms with Gasteiger partial charge in [0.25, 0.3) is 0 Å². The van der Waals surface area contributed by atoms with E-state index >= 15 is 0 Å². The number of hydrogen-bond acceptors (Lipinski definition) is 4. The van der Waals surface area contributed by atoms with Gasteiger partial charge in [0.2, 0.25) is 17.6 Å². The smallest absolute Gasteiger partial charge is 0.232 e. The first kappa shape index (κ1) is 16.8. The molecular formula is C18H12BrF2N3O2. The van der Waals surface area contributed by atoms with Crippen LogP contribution in [-0.4, -0.2) is 22.6 Å². The highest BCUT2D eigenvalue weighted by Gasteiger charge is 2.35. The van der Waals surface area contributed by atoms with Crippen molar-refractivity contribution in [2.75, 3.05) is 11.4 Å². The Hall–Kier alpha value is -2.61. The Morgan fingerprint density at radius 2 is 1.88 bits per heavy atom. The van der Waals surface area contributed by atoms with Crippen molar-refractivity contribution in [3.63, 3.8) is 0 Å². The minimum Gasteiger partial charge on any atom is -0.339 e. The SMILES string of the molecule is O=C1CC(c2nc(-c3ccc(Br)cc3)no2)CN1c1ccc(F)c(F)c1. The van der Waals surface area contributed by atoms with Gasteiger partial charge in [-0.05, 0) is 36.4 Å². The van der Waals surface area contributed by atoms with E-state index in [1.165, 1.54) is 11.0 Å². The molecule has 0 saturated carbocycles. The number of hydrogen-bond donors (Lipinski definition) is 0. The maximum Gasteiger partial charge on any atom is 0.232 e. The second-order valence-electron chi connectivity index (χ2n) is 5.97. The van der Waals surface area contributed by atoms with Crippen LogP contribution in [0.25, 0.3) is 11.4 Å². The first-order valence-electron chi connectivity index (χ1n) is 7.86. The number of amides is 1. The first-order chi connectivity index (χ1) is 12.5. The molecule has 0 bridgehead atoms. The number of nitrogens with zero attached hydrogens (tertiary/aromatic N) is 3. The van der Waals surface area contributed by atoms with Crippen LogP contribution in [0.1, 0.15) is 18.2 Å². The highest BCUT2D eigenvalue weighted by atomic mass is 79.9. The molecule has 0 spiro atoms. The van der Waals surface area contributed by atoms with Crippen LogP contribution in [0.3, 0.4) is 0 Å². The zero-order valence-electron chi connectivity index (χ0n) is 13.3. The molecule has 2 heterocycles. The number of halogens is 3. The molecule has 0 radical (unpaired) electrons. The molecule has 1 aliphatic rings. The van der Waals surface area contributed by atoms with E-state index in [-0.39, 0.29) is 24.8 Å². The molecule has 1 atom stereocenters. The van der Waals surface area contributed by atoms with Crippen molar-refractivity contribution in [3.05, 3.63) is 64.5 Å². The molecule has 1 fully saturated rings. The molecule has 26 heavy (non-hydrogen) atoms. The van der Waals surface area contributed by atoms with Gasteiger partial charge in [0.1, 0.15) is 0 Å². The number of benzene rings is 2. The van der Waals surface area contributed by atoms with E-state index in [0.717, 1.165) is 22.2 Å². The molecule has 132 valence electrons. The standard InChI is InChI=1S/C18H12BrF2N3O2/c19-12-3-1-10(2-4-12)17-22-18(26-23-17)11-7-16(25)24(9-11)13-5-6-14(20)15(21)8-13/h1-6,8,11H,7,9H2. The predicted octanol–water partition coefficient (Wildman–Crippen LogP) is 4.30. The normalized spacial score (nSPS) is 17.1. The molecule has 1 unspecified atom stereocenters. The molecular weight excluding hydrogens is 408 g/mol. The molecule has 1 aromatic heterocycles. The Morgan fingerprint density at radius 3 is 2.62 bits per heavy atom. The van der Waals surface area contributed by atoms with Gasteiger partial charge in [0, 0.05) is 34.8 Å². The van der Waals surface area contributed by atoms with Crippen molar-refractivity contribution >= 4 is 27.5 Å². The number of carbonyl (C=O) groups is 1. The maximum atomic E-state index is 13.4. The highest BCUT2D eigenvalue weighted by molar-refractivity contribution is 9.10. The molecule has 1 aliphatic heterocycles. The summed E-state index contributed by atoms with van der Waals surface area (Å²) in [4.78, 5) is 18.1. The molecule has 8 heteroatoms. The van der Waals surface area contributed by atoms with Gasteiger partial charge >= 0.3 is 0 Å². The minimum atomic E-state index is -0.992. The summed E-state index contributed by atoms with van der Waals surface area (Å²) in [5.41, 5.74) is 1.11. The lowest BCUT2D eigenvalue weighted by atomic mass is 10.1. The lowest BCUT2D eigenvalue weighted by Gasteiger charge is -2.16. The van der Waals surface area contributed by atoms with Crippen molar-refractivity contribution in [2.45, 2.75) is 12.3 Å².